The van der Waals surface area contributed by atoms with Crippen molar-refractivity contribution in [2.24, 2.45) is 5.92 Å². The summed E-state index contributed by atoms with van der Waals surface area (Å²) in [5, 5.41) is 30.1. The topological polar surface area (TPSA) is 114 Å². The molecule has 182 valence electrons. The van der Waals surface area contributed by atoms with Gasteiger partial charge in [-0.15, -0.1) is 0 Å². The molecule has 2 aromatic rings. The summed E-state index contributed by atoms with van der Waals surface area (Å²) in [6.45, 7) is 1.38. The number of carbonyl (C=O) groups is 1. The number of hydrogen-bond acceptors (Lipinski definition) is 7. The lowest BCUT2D eigenvalue weighted by Gasteiger charge is -2.43. The lowest BCUT2D eigenvalue weighted by Crippen LogP contribution is -2.51. The van der Waals surface area contributed by atoms with Crippen molar-refractivity contribution in [1.82, 2.24) is 4.90 Å². The zero-order chi connectivity index (χ0) is 24.9. The molecular formula is C23H25ClF2N4O4. The van der Waals surface area contributed by atoms with Gasteiger partial charge in [0.25, 0.3) is 0 Å². The van der Waals surface area contributed by atoms with E-state index in [1.165, 1.54) is 11.0 Å². The smallest absolute Gasteiger partial charge is 0.336 e. The van der Waals surface area contributed by atoms with Crippen molar-refractivity contribution in [3.05, 3.63) is 57.8 Å². The molecule has 11 heteroatoms. The van der Waals surface area contributed by atoms with E-state index in [9.17, 15) is 24.5 Å². The Hall–Kier alpha value is -2.92. The minimum atomic E-state index is -1.65. The number of fused-ring (bicyclic) bond motifs is 1. The Bertz CT molecular complexity index is 1180. The molecule has 34 heavy (non-hydrogen) atoms. The highest BCUT2D eigenvalue weighted by molar-refractivity contribution is 6.36. The summed E-state index contributed by atoms with van der Waals surface area (Å²) < 4.78 is 29.3. The van der Waals surface area contributed by atoms with Crippen LogP contribution in [0.2, 0.25) is 5.02 Å². The number of nitrogen functional groups attached to an aromatic ring is 1. The van der Waals surface area contributed by atoms with Crippen molar-refractivity contribution < 1.29 is 28.9 Å². The third-order valence-electron chi connectivity index (χ3n) is 6.07. The monoisotopic (exact) mass is 494 g/mol. The van der Waals surface area contributed by atoms with Crippen LogP contribution in [0.4, 0.5) is 31.5 Å². The molecule has 0 aliphatic carbocycles. The van der Waals surface area contributed by atoms with Crippen LogP contribution < -0.4 is 15.5 Å². The van der Waals surface area contributed by atoms with Crippen molar-refractivity contribution in [3.63, 3.8) is 0 Å². The number of rotatable bonds is 6. The zero-order valence-corrected chi connectivity index (χ0v) is 19.4. The molecule has 0 saturated carbocycles. The lowest BCUT2D eigenvalue weighted by atomic mass is 9.92. The second-order valence-electron chi connectivity index (χ2n) is 8.81. The average Bonchev–Trinajstić information content (AvgIpc) is 2.73. The van der Waals surface area contributed by atoms with Crippen LogP contribution in [0, 0.1) is 17.6 Å². The van der Waals surface area contributed by atoms with Gasteiger partial charge in [0.05, 0.1) is 40.0 Å². The number of carboxylic acid groups (broad SMARTS) is 1. The maximum absolute atomic E-state index is 15.3. The fraction of sp³-hybridized carbons (Fsp3) is 0.348. The predicted molar refractivity (Wildman–Crippen MR) is 125 cm³/mol. The van der Waals surface area contributed by atoms with Crippen LogP contribution in [0.25, 0.3) is 0 Å². The van der Waals surface area contributed by atoms with Crippen LogP contribution in [0.15, 0.2) is 30.0 Å². The Morgan fingerprint density at radius 3 is 2.47 bits per heavy atom. The maximum atomic E-state index is 15.3. The van der Waals surface area contributed by atoms with Gasteiger partial charge in [0.1, 0.15) is 17.7 Å². The zero-order valence-electron chi connectivity index (χ0n) is 18.6. The summed E-state index contributed by atoms with van der Waals surface area (Å²) >= 11 is 6.71. The number of benzene rings is 2. The molecule has 2 aromatic carbocycles. The molecule has 0 spiro atoms. The largest absolute Gasteiger partial charge is 0.478 e. The van der Waals surface area contributed by atoms with Gasteiger partial charge in [-0.2, -0.15) is 0 Å². The number of nitrogens with zero attached hydrogens (tertiary/aromatic N) is 3. The normalized spacial score (nSPS) is 18.1. The highest BCUT2D eigenvalue weighted by Gasteiger charge is 2.38. The highest BCUT2D eigenvalue weighted by Crippen LogP contribution is 2.50. The predicted octanol–water partition coefficient (Wildman–Crippen LogP) is 2.84. The van der Waals surface area contributed by atoms with Crippen molar-refractivity contribution in [2.75, 3.05) is 49.3 Å². The summed E-state index contributed by atoms with van der Waals surface area (Å²) in [5.41, 5.74) is 5.51. The van der Waals surface area contributed by atoms with E-state index in [1.54, 1.807) is 4.90 Å². The van der Waals surface area contributed by atoms with Gasteiger partial charge >= 0.3 is 5.97 Å². The van der Waals surface area contributed by atoms with Gasteiger partial charge in [-0.3, -0.25) is 0 Å². The molecule has 2 heterocycles. The molecular weight excluding hydrogens is 470 g/mol. The number of aliphatic hydroxyl groups is 2. The highest BCUT2D eigenvalue weighted by atomic mass is 35.5. The first-order chi connectivity index (χ1) is 16.0. The Morgan fingerprint density at radius 1 is 1.21 bits per heavy atom. The quantitative estimate of drug-likeness (QED) is 0.453. The lowest BCUT2D eigenvalue weighted by molar-refractivity contribution is -0.133. The van der Waals surface area contributed by atoms with E-state index < -0.39 is 35.9 Å². The summed E-state index contributed by atoms with van der Waals surface area (Å²) in [6.07, 6.45) is -0.530. The van der Waals surface area contributed by atoms with E-state index in [0.29, 0.717) is 19.0 Å². The average molecular weight is 495 g/mol. The third-order valence-corrected chi connectivity index (χ3v) is 6.43. The molecule has 0 bridgehead atoms. The number of carboxylic acids is 1. The van der Waals surface area contributed by atoms with Crippen molar-refractivity contribution in [2.45, 2.75) is 12.7 Å². The summed E-state index contributed by atoms with van der Waals surface area (Å²) in [7, 11) is 3.90. The first-order valence-corrected chi connectivity index (χ1v) is 10.9. The second kappa shape index (κ2) is 9.03. The Labute approximate surface area is 200 Å². The van der Waals surface area contributed by atoms with Crippen LogP contribution in [0.1, 0.15) is 17.2 Å². The Balaban J connectivity index is 1.88. The standard InChI is InChI=1S/C23H25ClF2N4O4/c1-28(2)6-11-7-29(8-11)21-16(26)4-13-20(19(21)24)30(9-14(22(13)32)23(33)34)18-5-17(27)15(25)3-12(18)10-31/h3-5,9,11,22,31-32H,6-8,10,27H2,1-2H3,(H,33,34). The number of aliphatic hydroxyl groups excluding tert-OH is 2. The first-order valence-electron chi connectivity index (χ1n) is 10.6. The molecule has 2 aliphatic rings. The minimum Gasteiger partial charge on any atom is -0.478 e. The van der Waals surface area contributed by atoms with Gasteiger partial charge in [-0.1, -0.05) is 11.6 Å². The van der Waals surface area contributed by atoms with E-state index >= 15 is 4.39 Å². The SMILES string of the molecule is CN(C)CC1CN(c2c(F)cc3c(c2Cl)N(c2cc(N)c(F)cc2CO)C=C(C(=O)O)C3O)C1. The van der Waals surface area contributed by atoms with Gasteiger partial charge in [-0.25, -0.2) is 13.6 Å². The summed E-state index contributed by atoms with van der Waals surface area (Å²) in [4.78, 5) is 16.9. The molecule has 0 aromatic heterocycles. The molecule has 1 fully saturated rings. The third kappa shape index (κ3) is 4.07. The number of nitrogens with two attached hydrogens (primary N) is 1. The van der Waals surface area contributed by atoms with E-state index in [4.69, 9.17) is 17.3 Å². The Morgan fingerprint density at radius 2 is 1.88 bits per heavy atom. The van der Waals surface area contributed by atoms with Gasteiger partial charge < -0.3 is 35.8 Å². The molecule has 8 nitrogen and oxygen atoms in total. The fourth-order valence-electron chi connectivity index (χ4n) is 4.52. The van der Waals surface area contributed by atoms with Gasteiger partial charge in [0, 0.05) is 42.9 Å². The van der Waals surface area contributed by atoms with Crippen LogP contribution >= 0.6 is 11.6 Å². The maximum Gasteiger partial charge on any atom is 0.336 e. The molecule has 2 aliphatic heterocycles. The molecule has 5 N–H and O–H groups in total. The summed E-state index contributed by atoms with van der Waals surface area (Å²) in [6, 6.07) is 3.33. The van der Waals surface area contributed by atoms with E-state index in [0.717, 1.165) is 24.9 Å². The van der Waals surface area contributed by atoms with E-state index in [-0.39, 0.29) is 38.9 Å². The fourth-order valence-corrected chi connectivity index (χ4v) is 4.93. The second-order valence-corrected chi connectivity index (χ2v) is 9.19. The molecule has 1 saturated heterocycles. The van der Waals surface area contributed by atoms with Crippen LogP contribution in [0.3, 0.4) is 0 Å². The molecule has 1 atom stereocenters. The van der Waals surface area contributed by atoms with Crippen LogP contribution in [0.5, 0.6) is 0 Å². The minimum absolute atomic E-state index is 0.0372. The van der Waals surface area contributed by atoms with E-state index in [1.807, 2.05) is 19.0 Å². The number of halogens is 3. The van der Waals surface area contributed by atoms with E-state index in [2.05, 4.69) is 0 Å². The van der Waals surface area contributed by atoms with Crippen LogP contribution in [-0.2, 0) is 11.4 Å². The van der Waals surface area contributed by atoms with Gasteiger partial charge in [0.2, 0.25) is 0 Å². The van der Waals surface area contributed by atoms with Crippen LogP contribution in [-0.4, -0.2) is 59.9 Å². The van der Waals surface area contributed by atoms with Crippen molar-refractivity contribution in [1.29, 1.82) is 0 Å². The molecule has 0 radical (unpaired) electrons. The van der Waals surface area contributed by atoms with Crippen molar-refractivity contribution >= 4 is 40.3 Å². The Kier molecular flexibility index (Phi) is 6.43. The molecule has 4 rings (SSSR count). The van der Waals surface area contributed by atoms with Crippen molar-refractivity contribution in [3.8, 4) is 0 Å². The molecule has 0 amide bonds. The number of anilines is 4. The first kappa shape index (κ1) is 24.2. The van der Waals surface area contributed by atoms with Gasteiger partial charge in [0.15, 0.2) is 0 Å². The van der Waals surface area contributed by atoms with Gasteiger partial charge in [-0.05, 0) is 32.3 Å². The number of hydrogen-bond donors (Lipinski definition) is 4. The molecule has 1 unspecified atom stereocenters. The number of aliphatic carboxylic acids is 1. The summed E-state index contributed by atoms with van der Waals surface area (Å²) in [5.74, 6) is -2.57.